The van der Waals surface area contributed by atoms with Crippen LogP contribution in [0.25, 0.3) is 0 Å². The van der Waals surface area contributed by atoms with Crippen LogP contribution in [-0.2, 0) is 14.3 Å². The van der Waals surface area contributed by atoms with Gasteiger partial charge < -0.3 is 20.1 Å². The second-order valence-corrected chi connectivity index (χ2v) is 5.94. The number of amides is 1. The number of methoxy groups -OCH3 is 1. The molecular weight excluding hydrogens is 248 g/mol. The van der Waals surface area contributed by atoms with Crippen LogP contribution >= 0.6 is 0 Å². The van der Waals surface area contributed by atoms with Gasteiger partial charge in [-0.25, -0.2) is 4.79 Å². The fraction of sp³-hybridized carbons (Fsp3) is 0.846. The highest BCUT2D eigenvalue weighted by Gasteiger charge is 2.37. The standard InChI is InChI=1S/C13H24N2O4/c1-12(2,3)19-11(17)15-13(8-10(16)18-4)6-5-7-14-9-13/h14H,5-9H2,1-4H3,(H,15,17). The number of esters is 1. The van der Waals surface area contributed by atoms with E-state index < -0.39 is 17.2 Å². The summed E-state index contributed by atoms with van der Waals surface area (Å²) in [5.41, 5.74) is -1.17. The van der Waals surface area contributed by atoms with Crippen LogP contribution in [0.1, 0.15) is 40.0 Å². The van der Waals surface area contributed by atoms with Crippen molar-refractivity contribution in [1.29, 1.82) is 0 Å². The van der Waals surface area contributed by atoms with Gasteiger partial charge in [-0.15, -0.1) is 0 Å². The number of piperidine rings is 1. The second-order valence-electron chi connectivity index (χ2n) is 5.94. The number of rotatable bonds is 3. The third-order valence-corrected chi connectivity index (χ3v) is 2.95. The first-order valence-electron chi connectivity index (χ1n) is 6.55. The third kappa shape index (κ3) is 5.46. The maximum absolute atomic E-state index is 11.9. The normalized spacial score (nSPS) is 23.6. The van der Waals surface area contributed by atoms with Crippen LogP contribution < -0.4 is 10.6 Å². The molecule has 0 aliphatic carbocycles. The first-order valence-corrected chi connectivity index (χ1v) is 6.55. The van der Waals surface area contributed by atoms with E-state index in [2.05, 4.69) is 10.6 Å². The van der Waals surface area contributed by atoms with Gasteiger partial charge in [-0.2, -0.15) is 0 Å². The molecule has 1 heterocycles. The minimum Gasteiger partial charge on any atom is -0.469 e. The molecule has 0 aromatic rings. The van der Waals surface area contributed by atoms with E-state index in [0.29, 0.717) is 6.54 Å². The molecule has 0 radical (unpaired) electrons. The summed E-state index contributed by atoms with van der Waals surface area (Å²) in [7, 11) is 1.35. The van der Waals surface area contributed by atoms with Gasteiger partial charge in [0.1, 0.15) is 5.60 Å². The monoisotopic (exact) mass is 272 g/mol. The number of nitrogens with one attached hydrogen (secondary N) is 2. The van der Waals surface area contributed by atoms with Crippen molar-refractivity contribution >= 4 is 12.1 Å². The van der Waals surface area contributed by atoms with Crippen LogP contribution in [0.5, 0.6) is 0 Å². The molecule has 19 heavy (non-hydrogen) atoms. The van der Waals surface area contributed by atoms with Crippen molar-refractivity contribution in [3.8, 4) is 0 Å². The van der Waals surface area contributed by atoms with Gasteiger partial charge in [0, 0.05) is 6.54 Å². The highest BCUT2D eigenvalue weighted by Crippen LogP contribution is 2.22. The van der Waals surface area contributed by atoms with E-state index in [1.54, 1.807) is 20.8 Å². The predicted molar refractivity (Wildman–Crippen MR) is 70.8 cm³/mol. The molecule has 0 aromatic heterocycles. The van der Waals surface area contributed by atoms with Crippen LogP contribution in [0.2, 0.25) is 0 Å². The molecule has 1 saturated heterocycles. The number of carbonyl (C=O) groups is 2. The zero-order valence-electron chi connectivity index (χ0n) is 12.2. The zero-order chi connectivity index (χ0) is 14.5. The van der Waals surface area contributed by atoms with Crippen molar-refractivity contribution in [2.75, 3.05) is 20.2 Å². The van der Waals surface area contributed by atoms with E-state index in [1.807, 2.05) is 0 Å². The Bertz CT molecular complexity index is 330. The molecule has 6 heteroatoms. The summed E-state index contributed by atoms with van der Waals surface area (Å²) < 4.78 is 9.95. The largest absolute Gasteiger partial charge is 0.469 e. The summed E-state index contributed by atoms with van der Waals surface area (Å²) >= 11 is 0. The minimum absolute atomic E-state index is 0.149. The molecule has 1 unspecified atom stereocenters. The molecule has 1 fully saturated rings. The van der Waals surface area contributed by atoms with Crippen LogP contribution in [0, 0.1) is 0 Å². The summed E-state index contributed by atoms with van der Waals surface area (Å²) in [4.78, 5) is 23.4. The van der Waals surface area contributed by atoms with Gasteiger partial charge in [0.25, 0.3) is 0 Å². The Morgan fingerprint density at radius 2 is 2.05 bits per heavy atom. The highest BCUT2D eigenvalue weighted by atomic mass is 16.6. The Morgan fingerprint density at radius 3 is 2.53 bits per heavy atom. The van der Waals surface area contributed by atoms with Crippen molar-refractivity contribution in [2.24, 2.45) is 0 Å². The molecule has 2 N–H and O–H groups in total. The van der Waals surface area contributed by atoms with Crippen LogP contribution in [0.15, 0.2) is 0 Å². The van der Waals surface area contributed by atoms with Crippen LogP contribution in [0.3, 0.4) is 0 Å². The first-order chi connectivity index (χ1) is 8.76. The molecule has 6 nitrogen and oxygen atoms in total. The number of carbonyl (C=O) groups excluding carboxylic acids is 2. The minimum atomic E-state index is -0.617. The Hall–Kier alpha value is -1.30. The summed E-state index contributed by atoms with van der Waals surface area (Å²) in [5, 5.41) is 6.02. The molecule has 1 rings (SSSR count). The second kappa shape index (κ2) is 6.23. The molecule has 1 aliphatic heterocycles. The lowest BCUT2D eigenvalue weighted by Crippen LogP contribution is -2.59. The van der Waals surface area contributed by atoms with E-state index in [-0.39, 0.29) is 12.4 Å². The van der Waals surface area contributed by atoms with Crippen molar-refractivity contribution in [3.05, 3.63) is 0 Å². The van der Waals surface area contributed by atoms with Crippen LogP contribution in [-0.4, -0.2) is 43.4 Å². The lowest BCUT2D eigenvalue weighted by atomic mass is 9.87. The SMILES string of the molecule is COC(=O)CC1(NC(=O)OC(C)(C)C)CCCNC1. The molecule has 0 bridgehead atoms. The molecule has 1 aliphatic rings. The van der Waals surface area contributed by atoms with E-state index in [4.69, 9.17) is 9.47 Å². The quantitative estimate of drug-likeness (QED) is 0.755. The van der Waals surface area contributed by atoms with Crippen LogP contribution in [0.4, 0.5) is 4.79 Å². The Kier molecular flexibility index (Phi) is 5.17. The third-order valence-electron chi connectivity index (χ3n) is 2.95. The maximum atomic E-state index is 11.9. The summed E-state index contributed by atoms with van der Waals surface area (Å²) in [6.45, 7) is 6.84. The smallest absolute Gasteiger partial charge is 0.408 e. The average Bonchev–Trinajstić information content (AvgIpc) is 2.26. The van der Waals surface area contributed by atoms with Gasteiger partial charge in [0.2, 0.25) is 0 Å². The van der Waals surface area contributed by atoms with Gasteiger partial charge in [-0.3, -0.25) is 4.79 Å². The molecule has 0 spiro atoms. The van der Waals surface area contributed by atoms with Gasteiger partial charge >= 0.3 is 12.1 Å². The van der Waals surface area contributed by atoms with Crippen molar-refractivity contribution < 1.29 is 19.1 Å². The Morgan fingerprint density at radius 1 is 1.37 bits per heavy atom. The molecule has 1 amide bonds. The Labute approximate surface area is 114 Å². The van der Waals surface area contributed by atoms with Crippen molar-refractivity contribution in [3.63, 3.8) is 0 Å². The summed E-state index contributed by atoms with van der Waals surface area (Å²) in [6, 6.07) is 0. The molecule has 0 saturated carbocycles. The van der Waals surface area contributed by atoms with Gasteiger partial charge in [0.05, 0.1) is 19.1 Å². The van der Waals surface area contributed by atoms with Crippen molar-refractivity contribution in [2.45, 2.75) is 51.2 Å². The summed E-state index contributed by atoms with van der Waals surface area (Å²) in [6.07, 6.45) is 1.27. The lowest BCUT2D eigenvalue weighted by molar-refractivity contribution is -0.142. The van der Waals surface area contributed by atoms with Gasteiger partial charge in [0.15, 0.2) is 0 Å². The number of ether oxygens (including phenoxy) is 2. The first kappa shape index (κ1) is 15.8. The number of hydrogen-bond donors (Lipinski definition) is 2. The number of alkyl carbamates (subject to hydrolysis) is 1. The van der Waals surface area contributed by atoms with Gasteiger partial charge in [-0.05, 0) is 40.2 Å². The molecule has 110 valence electrons. The van der Waals surface area contributed by atoms with E-state index in [0.717, 1.165) is 19.4 Å². The van der Waals surface area contributed by atoms with E-state index in [1.165, 1.54) is 7.11 Å². The molecule has 1 atom stereocenters. The predicted octanol–water partition coefficient (Wildman–Crippen LogP) is 1.20. The van der Waals surface area contributed by atoms with E-state index in [9.17, 15) is 9.59 Å². The van der Waals surface area contributed by atoms with Crippen molar-refractivity contribution in [1.82, 2.24) is 10.6 Å². The maximum Gasteiger partial charge on any atom is 0.408 e. The highest BCUT2D eigenvalue weighted by molar-refractivity contribution is 5.74. The fourth-order valence-electron chi connectivity index (χ4n) is 2.14. The molecular formula is C13H24N2O4. The molecule has 0 aromatic carbocycles. The number of hydrogen-bond acceptors (Lipinski definition) is 5. The summed E-state index contributed by atoms with van der Waals surface area (Å²) in [5.74, 6) is -0.334. The topological polar surface area (TPSA) is 76.7 Å². The van der Waals surface area contributed by atoms with Gasteiger partial charge in [-0.1, -0.05) is 0 Å². The van der Waals surface area contributed by atoms with E-state index >= 15 is 0 Å². The fourth-order valence-corrected chi connectivity index (χ4v) is 2.14. The lowest BCUT2D eigenvalue weighted by Gasteiger charge is -2.38. The zero-order valence-corrected chi connectivity index (χ0v) is 12.2. The average molecular weight is 272 g/mol. The Balaban J connectivity index is 2.68.